The molecule has 0 saturated carbocycles. The van der Waals surface area contributed by atoms with E-state index in [0.717, 1.165) is 64.2 Å². The zero-order valence-corrected chi connectivity index (χ0v) is 38.4. The van der Waals surface area contributed by atoms with E-state index < -0.39 is 18.2 Å². The van der Waals surface area contributed by atoms with Crippen LogP contribution in [0.15, 0.2) is 48.6 Å². The molecule has 0 heterocycles. The molecule has 0 aromatic carbocycles. The molecule has 6 nitrogen and oxygen atoms in total. The number of carbonyl (C=O) groups excluding carboxylic acids is 2. The van der Waals surface area contributed by atoms with Crippen LogP contribution < -0.4 is 5.32 Å². The second kappa shape index (κ2) is 45.9. The van der Waals surface area contributed by atoms with Crippen molar-refractivity contribution in [2.45, 2.75) is 264 Å². The van der Waals surface area contributed by atoms with Gasteiger partial charge in [-0.1, -0.05) is 217 Å². The van der Waals surface area contributed by atoms with E-state index in [2.05, 4.69) is 62.5 Å². The Morgan fingerprint density at radius 2 is 0.966 bits per heavy atom. The van der Waals surface area contributed by atoms with Gasteiger partial charge in [0.1, 0.15) is 6.10 Å². The first kappa shape index (κ1) is 55.8. The predicted octanol–water partition coefficient (Wildman–Crippen LogP) is 14.7. The van der Waals surface area contributed by atoms with Crippen molar-refractivity contribution < 1.29 is 24.5 Å². The molecule has 0 rings (SSSR count). The summed E-state index contributed by atoms with van der Waals surface area (Å²) in [7, 11) is 0. The van der Waals surface area contributed by atoms with Crippen LogP contribution in [-0.2, 0) is 14.3 Å². The maximum atomic E-state index is 13.1. The van der Waals surface area contributed by atoms with E-state index in [9.17, 15) is 19.8 Å². The highest BCUT2D eigenvalue weighted by Gasteiger charge is 2.23. The van der Waals surface area contributed by atoms with Crippen molar-refractivity contribution in [3.63, 3.8) is 0 Å². The fourth-order valence-corrected chi connectivity index (χ4v) is 7.33. The van der Waals surface area contributed by atoms with E-state index in [0.29, 0.717) is 19.3 Å². The molecule has 0 aromatic heterocycles. The van der Waals surface area contributed by atoms with Gasteiger partial charge in [0.05, 0.1) is 25.2 Å². The molecule has 338 valence electrons. The molecule has 1 amide bonds. The van der Waals surface area contributed by atoms with Gasteiger partial charge < -0.3 is 20.3 Å². The quantitative estimate of drug-likeness (QED) is 0.0246. The molecule has 0 saturated heterocycles. The van der Waals surface area contributed by atoms with Crippen LogP contribution in [0.2, 0.25) is 0 Å². The molecule has 3 unspecified atom stereocenters. The molecule has 0 fully saturated rings. The molecule has 3 N–H and O–H groups in total. The number of aliphatic hydroxyl groups is 2. The number of nitrogens with one attached hydrogen (secondary N) is 1. The number of carbonyl (C=O) groups is 2. The summed E-state index contributed by atoms with van der Waals surface area (Å²) in [6.45, 7) is 6.42. The smallest absolute Gasteiger partial charge is 0.306 e. The summed E-state index contributed by atoms with van der Waals surface area (Å²) in [5.74, 6) is -0.619. The topological polar surface area (TPSA) is 95.9 Å². The Labute approximate surface area is 359 Å². The maximum Gasteiger partial charge on any atom is 0.306 e. The maximum absolute atomic E-state index is 13.1. The molecule has 0 radical (unpaired) electrons. The number of allylic oxidation sites excluding steroid dienone is 7. The second-order valence-electron chi connectivity index (χ2n) is 16.9. The van der Waals surface area contributed by atoms with Gasteiger partial charge in [-0.3, -0.25) is 9.59 Å². The SMILES string of the molecule is CCCCCCCC/C=C\C/C=C/C(CC(=O)NC(CO)C(O)CCCCCCCCCCCC)OC(=O)CCCCCCC/C=C/C=C/CCCCCCCCC. The summed E-state index contributed by atoms with van der Waals surface area (Å²) in [6.07, 6.45) is 54.9. The third-order valence-corrected chi connectivity index (χ3v) is 11.2. The minimum Gasteiger partial charge on any atom is -0.458 e. The fourth-order valence-electron chi connectivity index (χ4n) is 7.33. The van der Waals surface area contributed by atoms with Gasteiger partial charge in [0.15, 0.2) is 0 Å². The van der Waals surface area contributed by atoms with Crippen LogP contribution in [0.3, 0.4) is 0 Å². The van der Waals surface area contributed by atoms with Crippen LogP contribution in [0.5, 0.6) is 0 Å². The van der Waals surface area contributed by atoms with Gasteiger partial charge in [-0.05, 0) is 63.9 Å². The first-order valence-corrected chi connectivity index (χ1v) is 24.9. The van der Waals surface area contributed by atoms with Crippen molar-refractivity contribution in [3.8, 4) is 0 Å². The molecule has 6 heteroatoms. The lowest BCUT2D eigenvalue weighted by molar-refractivity contribution is -0.148. The predicted molar refractivity (Wildman–Crippen MR) is 250 cm³/mol. The molecule has 0 aromatic rings. The number of hydrogen-bond donors (Lipinski definition) is 3. The first-order chi connectivity index (χ1) is 28.5. The number of esters is 1. The van der Waals surface area contributed by atoms with E-state index in [4.69, 9.17) is 4.74 Å². The summed E-state index contributed by atoms with van der Waals surface area (Å²) >= 11 is 0. The number of hydrogen-bond acceptors (Lipinski definition) is 5. The molecule has 0 aliphatic heterocycles. The summed E-state index contributed by atoms with van der Waals surface area (Å²) in [6, 6.07) is -0.733. The van der Waals surface area contributed by atoms with Gasteiger partial charge >= 0.3 is 5.97 Å². The average molecular weight is 814 g/mol. The molecular weight excluding hydrogens is 719 g/mol. The normalized spacial score (nSPS) is 13.7. The molecular formula is C52H95NO5. The number of rotatable bonds is 44. The van der Waals surface area contributed by atoms with Crippen molar-refractivity contribution >= 4 is 11.9 Å². The number of amides is 1. The standard InChI is InChI=1S/C52H95NO5/c1-4-7-10-13-16-19-22-23-24-25-26-27-28-30-33-36-39-42-45-52(57)58-48(43-40-37-34-31-29-20-17-14-11-8-5-2)46-51(56)53-49(47-54)50(55)44-41-38-35-32-21-18-15-12-9-6-3/h24-27,31,34,40,43,48-50,54-55H,4-23,28-30,32-33,35-39,41-42,44-47H2,1-3H3,(H,53,56)/b25-24+,27-26+,34-31-,43-40+. The van der Waals surface area contributed by atoms with Gasteiger partial charge in [0, 0.05) is 6.42 Å². The largest absolute Gasteiger partial charge is 0.458 e. The van der Waals surface area contributed by atoms with Crippen LogP contribution in [0.25, 0.3) is 0 Å². The van der Waals surface area contributed by atoms with Gasteiger partial charge in [-0.2, -0.15) is 0 Å². The lowest BCUT2D eigenvalue weighted by atomic mass is 10.0. The van der Waals surface area contributed by atoms with Crippen LogP contribution >= 0.6 is 0 Å². The molecule has 58 heavy (non-hydrogen) atoms. The Bertz CT molecular complexity index is 1000. The van der Waals surface area contributed by atoms with E-state index >= 15 is 0 Å². The number of ether oxygens (including phenoxy) is 1. The Hall–Kier alpha value is -2.18. The molecule has 0 spiro atoms. The minimum absolute atomic E-state index is 0.0347. The number of aliphatic hydroxyl groups excluding tert-OH is 2. The Morgan fingerprint density at radius 3 is 1.45 bits per heavy atom. The Balaban J connectivity index is 4.62. The summed E-state index contributed by atoms with van der Waals surface area (Å²) in [5, 5.41) is 23.6. The van der Waals surface area contributed by atoms with E-state index in [1.165, 1.54) is 135 Å². The van der Waals surface area contributed by atoms with E-state index in [-0.39, 0.29) is 24.9 Å². The molecule has 0 bridgehead atoms. The van der Waals surface area contributed by atoms with Crippen molar-refractivity contribution in [1.29, 1.82) is 0 Å². The minimum atomic E-state index is -0.811. The van der Waals surface area contributed by atoms with Gasteiger partial charge in [0.25, 0.3) is 0 Å². The lowest BCUT2D eigenvalue weighted by Crippen LogP contribution is -2.46. The molecule has 0 aliphatic rings. The zero-order valence-electron chi connectivity index (χ0n) is 38.4. The Kier molecular flexibility index (Phi) is 44.2. The second-order valence-corrected chi connectivity index (χ2v) is 16.9. The highest BCUT2D eigenvalue weighted by Crippen LogP contribution is 2.15. The summed E-state index contributed by atoms with van der Waals surface area (Å²) in [5.41, 5.74) is 0. The van der Waals surface area contributed by atoms with Crippen molar-refractivity contribution in [3.05, 3.63) is 48.6 Å². The Morgan fingerprint density at radius 1 is 0.534 bits per heavy atom. The van der Waals surface area contributed by atoms with E-state index in [1.807, 2.05) is 12.2 Å². The highest BCUT2D eigenvalue weighted by molar-refractivity contribution is 5.78. The van der Waals surface area contributed by atoms with Crippen LogP contribution in [-0.4, -0.2) is 46.9 Å². The van der Waals surface area contributed by atoms with Gasteiger partial charge in [-0.25, -0.2) is 0 Å². The van der Waals surface area contributed by atoms with Crippen molar-refractivity contribution in [1.82, 2.24) is 5.32 Å². The third-order valence-electron chi connectivity index (χ3n) is 11.2. The molecule has 0 aliphatic carbocycles. The van der Waals surface area contributed by atoms with Crippen molar-refractivity contribution in [2.24, 2.45) is 0 Å². The average Bonchev–Trinajstić information content (AvgIpc) is 3.22. The van der Waals surface area contributed by atoms with Gasteiger partial charge in [0.2, 0.25) is 5.91 Å². The number of unbranched alkanes of at least 4 members (excludes halogenated alkanes) is 27. The van der Waals surface area contributed by atoms with Crippen molar-refractivity contribution in [2.75, 3.05) is 6.61 Å². The van der Waals surface area contributed by atoms with Crippen LogP contribution in [0.4, 0.5) is 0 Å². The lowest BCUT2D eigenvalue weighted by Gasteiger charge is -2.23. The van der Waals surface area contributed by atoms with Crippen LogP contribution in [0.1, 0.15) is 245 Å². The first-order valence-electron chi connectivity index (χ1n) is 24.9. The summed E-state index contributed by atoms with van der Waals surface area (Å²) in [4.78, 5) is 26.0. The van der Waals surface area contributed by atoms with E-state index in [1.54, 1.807) is 0 Å². The zero-order chi connectivity index (χ0) is 42.4. The summed E-state index contributed by atoms with van der Waals surface area (Å²) < 4.78 is 5.81. The highest BCUT2D eigenvalue weighted by atomic mass is 16.5. The third kappa shape index (κ3) is 40.6. The van der Waals surface area contributed by atoms with Crippen LogP contribution in [0, 0.1) is 0 Å². The fraction of sp³-hybridized carbons (Fsp3) is 0.808. The monoisotopic (exact) mass is 814 g/mol. The molecule has 3 atom stereocenters. The van der Waals surface area contributed by atoms with Gasteiger partial charge in [-0.15, -0.1) is 0 Å².